The van der Waals surface area contributed by atoms with E-state index in [1.54, 1.807) is 83.7 Å². The number of carbonyl (C=O) groups is 8. The van der Waals surface area contributed by atoms with Crippen LogP contribution in [-0.4, -0.2) is 154 Å². The van der Waals surface area contributed by atoms with E-state index in [-0.39, 0.29) is 84.5 Å². The summed E-state index contributed by atoms with van der Waals surface area (Å²) < 4.78 is 18.5. The summed E-state index contributed by atoms with van der Waals surface area (Å²) in [6.45, 7) is 2.77. The smallest absolute Gasteiger partial charge is 0.363 e. The Morgan fingerprint density at radius 1 is 0.741 bits per heavy atom. The van der Waals surface area contributed by atoms with Gasteiger partial charge in [-0.1, -0.05) is 60.2 Å². The van der Waals surface area contributed by atoms with Gasteiger partial charge >= 0.3 is 12.0 Å². The van der Waals surface area contributed by atoms with Gasteiger partial charge in [-0.15, -0.1) is 10.2 Å². The number of fused-ring (bicyclic) bond motifs is 1. The third kappa shape index (κ3) is 17.6. The van der Waals surface area contributed by atoms with Gasteiger partial charge in [0.05, 0.1) is 80.9 Å². The minimum absolute atomic E-state index is 0.0180. The first-order valence-corrected chi connectivity index (χ1v) is 27.8. The first-order valence-electron chi connectivity index (χ1n) is 26.7. The van der Waals surface area contributed by atoms with Crippen LogP contribution in [0.4, 0.5) is 16.2 Å². The molecule has 81 heavy (non-hydrogen) atoms. The molecular formula is C56H65N11O13S. The van der Waals surface area contributed by atoms with Gasteiger partial charge in [-0.05, 0) is 73.4 Å². The molecule has 428 valence electrons. The molecule has 8 rings (SSSR count). The van der Waals surface area contributed by atoms with Crippen molar-refractivity contribution in [2.75, 3.05) is 69.3 Å². The molecule has 3 fully saturated rings. The van der Waals surface area contributed by atoms with Gasteiger partial charge in [-0.3, -0.25) is 34.2 Å². The van der Waals surface area contributed by atoms with Crippen LogP contribution in [0.25, 0.3) is 0 Å². The third-order valence-corrected chi connectivity index (χ3v) is 14.8. The number of amides is 7. The molecule has 3 aliphatic rings. The number of hydroxylamine groups is 2. The van der Waals surface area contributed by atoms with Crippen LogP contribution in [0.2, 0.25) is 0 Å². The molecule has 0 radical (unpaired) electrons. The van der Waals surface area contributed by atoms with Gasteiger partial charge in [0, 0.05) is 72.7 Å². The second-order valence-corrected chi connectivity index (χ2v) is 20.5. The van der Waals surface area contributed by atoms with Crippen molar-refractivity contribution in [3.63, 3.8) is 0 Å². The first kappa shape index (κ1) is 58.8. The number of aromatic hydroxyl groups is 1. The lowest BCUT2D eigenvalue weighted by atomic mass is 10.0. The van der Waals surface area contributed by atoms with Gasteiger partial charge in [0.2, 0.25) is 11.8 Å². The second kappa shape index (κ2) is 29.7. The molecule has 4 heterocycles. The number of phenolic OH excluding ortho intramolecular Hbond substituents is 1. The predicted molar refractivity (Wildman–Crippen MR) is 296 cm³/mol. The number of nitrogens with zero attached hydrogens (tertiary/aromatic N) is 4. The summed E-state index contributed by atoms with van der Waals surface area (Å²) >= 11 is 1.81. The van der Waals surface area contributed by atoms with E-state index in [0.717, 1.165) is 24.2 Å². The first-order chi connectivity index (χ1) is 39.4. The number of unbranched alkanes of at least 4 members (excludes halogenated alkanes) is 1. The molecule has 4 aromatic carbocycles. The van der Waals surface area contributed by atoms with Gasteiger partial charge in [-0.25, -0.2) is 14.3 Å². The number of ether oxygens (including phenoxy) is 3. The summed E-state index contributed by atoms with van der Waals surface area (Å²) in [5, 5.41) is 34.4. The van der Waals surface area contributed by atoms with E-state index in [9.17, 15) is 43.5 Å². The summed E-state index contributed by atoms with van der Waals surface area (Å²) in [4.78, 5) is 105. The number of imide groups is 1. The molecule has 2 unspecified atom stereocenters. The number of nitrogens with one attached hydrogen (secondary N) is 7. The van der Waals surface area contributed by atoms with Crippen molar-refractivity contribution < 1.29 is 62.5 Å². The standard InChI is InChI=1S/C56H65N11O13S/c68-46-19-10-36(32-43(46)64-62-41-17-15-40(16-18-41)55(75)80-67-49(70)20-21-50(67)71)22-23-57-54(74)44(59-48(69)9-5-4-8-47-51-45(35-81-47)60-56(76)61-51)33-42-34-66(65-63-42)25-27-78-29-31-79-30-28-77-26-24-58-53(73)39-13-11-38(12-14-39)52(72)37-6-2-1-3-7-37/h1-3,6-7,10-19,32,34,44-45,47,51,62,64,68H,4-5,8-9,20-31,33,35H2,(H,57,74)(H,58,73)(H,59,69)(H2,60,61,76)/t44?,45-,47?,51-/m0/s1. The van der Waals surface area contributed by atoms with Gasteiger partial charge in [0.1, 0.15) is 11.8 Å². The van der Waals surface area contributed by atoms with Gasteiger partial charge < -0.3 is 56.2 Å². The minimum Gasteiger partial charge on any atom is -0.506 e. The number of benzene rings is 4. The molecule has 25 heteroatoms. The molecule has 0 saturated carbocycles. The topological polar surface area (TPSA) is 312 Å². The molecule has 1 aromatic heterocycles. The highest BCUT2D eigenvalue weighted by Gasteiger charge is 2.42. The van der Waals surface area contributed by atoms with Gasteiger partial charge in [-0.2, -0.15) is 11.8 Å². The molecule has 8 N–H and O–H groups in total. The Morgan fingerprint density at radius 3 is 2.19 bits per heavy atom. The number of rotatable bonds is 32. The number of carbonyl (C=O) groups excluding carboxylic acids is 8. The highest BCUT2D eigenvalue weighted by Crippen LogP contribution is 2.33. The Labute approximate surface area is 471 Å². The van der Waals surface area contributed by atoms with Crippen molar-refractivity contribution in [2.45, 2.75) is 81.3 Å². The maximum atomic E-state index is 13.8. The Bertz CT molecular complexity index is 2970. The van der Waals surface area contributed by atoms with Crippen LogP contribution in [0.15, 0.2) is 103 Å². The summed E-state index contributed by atoms with van der Waals surface area (Å²) in [5.74, 6) is -2.33. The Balaban J connectivity index is 0.730. The largest absolute Gasteiger partial charge is 0.506 e. The van der Waals surface area contributed by atoms with E-state index in [0.29, 0.717) is 104 Å². The fourth-order valence-electron chi connectivity index (χ4n) is 8.98. The molecule has 0 spiro atoms. The lowest BCUT2D eigenvalue weighted by molar-refractivity contribution is -0.172. The molecule has 0 bridgehead atoms. The van der Waals surface area contributed by atoms with Crippen molar-refractivity contribution in [3.05, 3.63) is 137 Å². The predicted octanol–water partition coefficient (Wildman–Crippen LogP) is 3.47. The molecule has 0 aliphatic carbocycles. The number of hydrogen-bond donors (Lipinski definition) is 8. The zero-order chi connectivity index (χ0) is 56.9. The van der Waals surface area contributed by atoms with Crippen molar-refractivity contribution in [1.82, 2.24) is 46.6 Å². The Hall–Kier alpha value is -8.39. The quantitative estimate of drug-likeness (QED) is 0.00763. The number of hydrogen-bond acceptors (Lipinski definition) is 18. The SMILES string of the molecule is O=C(CCCCC1SC[C@@H]2NC(=O)N[C@H]12)NC(Cc1cn(CCOCCOCCOCCNC(=O)c2ccc(C(=O)c3ccccc3)cc2)nn1)C(=O)NCCc1ccc(O)c(NNc2ccc(C(=O)ON3C(=O)CCC3=O)cc2)c1. The number of aromatic nitrogens is 3. The highest BCUT2D eigenvalue weighted by molar-refractivity contribution is 8.00. The van der Waals surface area contributed by atoms with Crippen molar-refractivity contribution in [2.24, 2.45) is 0 Å². The molecule has 3 saturated heterocycles. The van der Waals surface area contributed by atoms with E-state index in [1.165, 1.54) is 18.2 Å². The summed E-state index contributed by atoms with van der Waals surface area (Å²) in [6.07, 6.45) is 4.52. The number of thioether (sulfide) groups is 1. The van der Waals surface area contributed by atoms with E-state index in [2.05, 4.69) is 47.7 Å². The fraction of sp³-hybridized carbons (Fsp3) is 0.393. The third-order valence-electron chi connectivity index (χ3n) is 13.3. The molecule has 4 atom stereocenters. The average Bonchev–Trinajstić information content (AvgIpc) is 4.35. The van der Waals surface area contributed by atoms with Crippen LogP contribution in [-0.2, 0) is 57.6 Å². The molecular weight excluding hydrogens is 1070 g/mol. The fourth-order valence-corrected chi connectivity index (χ4v) is 10.5. The van der Waals surface area contributed by atoms with Crippen LogP contribution in [0, 0.1) is 0 Å². The summed E-state index contributed by atoms with van der Waals surface area (Å²) in [6, 6.07) is 25.5. The second-order valence-electron chi connectivity index (χ2n) is 19.2. The molecule has 7 amide bonds. The maximum absolute atomic E-state index is 13.8. The average molecular weight is 1130 g/mol. The van der Waals surface area contributed by atoms with Crippen LogP contribution in [0.5, 0.6) is 5.75 Å². The molecule has 24 nitrogen and oxygen atoms in total. The number of urea groups is 1. The van der Waals surface area contributed by atoms with Gasteiger partial charge in [0.15, 0.2) is 5.78 Å². The van der Waals surface area contributed by atoms with Crippen molar-refractivity contribution in [3.8, 4) is 5.75 Å². The van der Waals surface area contributed by atoms with E-state index < -0.39 is 29.7 Å². The van der Waals surface area contributed by atoms with Crippen LogP contribution >= 0.6 is 11.8 Å². The van der Waals surface area contributed by atoms with Crippen molar-refractivity contribution in [1.29, 1.82) is 0 Å². The number of phenols is 1. The number of hydrazine groups is 1. The summed E-state index contributed by atoms with van der Waals surface area (Å²) in [5.41, 5.74) is 9.60. The monoisotopic (exact) mass is 1130 g/mol. The normalized spacial score (nSPS) is 16.7. The number of ketones is 1. The zero-order valence-electron chi connectivity index (χ0n) is 44.4. The highest BCUT2D eigenvalue weighted by atomic mass is 32.2. The Kier molecular flexibility index (Phi) is 21.6. The van der Waals surface area contributed by atoms with E-state index in [1.807, 2.05) is 17.8 Å². The summed E-state index contributed by atoms with van der Waals surface area (Å²) in [7, 11) is 0. The zero-order valence-corrected chi connectivity index (χ0v) is 45.2. The van der Waals surface area contributed by atoms with Crippen LogP contribution in [0.1, 0.15) is 86.4 Å². The van der Waals surface area contributed by atoms with Crippen molar-refractivity contribution >= 4 is 70.5 Å². The van der Waals surface area contributed by atoms with E-state index >= 15 is 0 Å². The minimum atomic E-state index is -0.966. The maximum Gasteiger partial charge on any atom is 0.363 e. The van der Waals surface area contributed by atoms with E-state index in [4.69, 9.17) is 19.0 Å². The van der Waals surface area contributed by atoms with Crippen LogP contribution < -0.4 is 37.4 Å². The van der Waals surface area contributed by atoms with Gasteiger partial charge in [0.25, 0.3) is 17.7 Å². The molecule has 5 aromatic rings. The molecule has 3 aliphatic heterocycles. The lowest BCUT2D eigenvalue weighted by Gasteiger charge is -2.19. The number of anilines is 2. The lowest BCUT2D eigenvalue weighted by Crippen LogP contribution is -2.48. The Morgan fingerprint density at radius 2 is 1.43 bits per heavy atom. The van der Waals surface area contributed by atoms with Crippen LogP contribution in [0.3, 0.4) is 0 Å².